The van der Waals surface area contributed by atoms with E-state index in [4.69, 9.17) is 0 Å². The van der Waals surface area contributed by atoms with Gasteiger partial charge in [-0.1, -0.05) is 39.0 Å². The minimum atomic E-state index is 1.07. The molecule has 2 aromatic rings. The van der Waals surface area contributed by atoms with Crippen LogP contribution < -0.4 is 0 Å². The average molecular weight is 272 g/mol. The Bertz CT molecular complexity index is 516. The Labute approximate surface area is 123 Å². The highest BCUT2D eigenvalue weighted by Crippen LogP contribution is 2.18. The summed E-state index contributed by atoms with van der Waals surface area (Å²) in [5, 5.41) is 1.29. The van der Waals surface area contributed by atoms with Crippen LogP contribution in [0.4, 0.5) is 0 Å². The highest BCUT2D eigenvalue weighted by Gasteiger charge is 2.04. The molecule has 2 heterocycles. The molecular weight excluding hydrogens is 244 g/mol. The molecule has 1 saturated heterocycles. The molecule has 0 saturated carbocycles. The summed E-state index contributed by atoms with van der Waals surface area (Å²) < 4.78 is 0. The lowest BCUT2D eigenvalue weighted by molar-refractivity contribution is 0.229. The number of para-hydroxylation sites is 1. The predicted molar refractivity (Wildman–Crippen MR) is 89.3 cm³/mol. The third kappa shape index (κ3) is 4.61. The summed E-state index contributed by atoms with van der Waals surface area (Å²) in [6, 6.07) is 10.5. The van der Waals surface area contributed by atoms with Gasteiger partial charge < -0.3 is 4.90 Å². The zero-order chi connectivity index (χ0) is 15.0. The van der Waals surface area contributed by atoms with Crippen LogP contribution in [0.25, 0.3) is 10.9 Å². The van der Waals surface area contributed by atoms with Gasteiger partial charge in [-0.25, -0.2) is 0 Å². The van der Waals surface area contributed by atoms with E-state index in [9.17, 15) is 0 Å². The van der Waals surface area contributed by atoms with Crippen molar-refractivity contribution in [3.8, 4) is 0 Å². The maximum absolute atomic E-state index is 4.48. The van der Waals surface area contributed by atoms with Crippen LogP contribution in [0.3, 0.4) is 0 Å². The lowest BCUT2D eigenvalue weighted by Crippen LogP contribution is -2.32. The van der Waals surface area contributed by atoms with Crippen LogP contribution in [-0.2, 0) is 6.42 Å². The topological polar surface area (TPSA) is 16.1 Å². The second kappa shape index (κ2) is 8.70. The van der Waals surface area contributed by atoms with E-state index < -0.39 is 0 Å². The van der Waals surface area contributed by atoms with Crippen LogP contribution in [-0.4, -0.2) is 30.0 Å². The lowest BCUT2D eigenvalue weighted by atomic mass is 10.1. The first-order valence-electron chi connectivity index (χ1n) is 7.74. The number of hydrogen-bond donors (Lipinski definition) is 0. The summed E-state index contributed by atoms with van der Waals surface area (Å²) in [7, 11) is 2.14. The Morgan fingerprint density at radius 3 is 2.25 bits per heavy atom. The molecule has 0 unspecified atom stereocenters. The number of likely N-dealkylation sites (tertiary alicyclic amines) is 1. The fourth-order valence-electron chi connectivity index (χ4n) is 2.16. The molecule has 0 N–H and O–H groups in total. The third-order valence-corrected chi connectivity index (χ3v) is 3.39. The SMILES string of the molecule is CC.CCc1cc(C)nc2ccccc12.CN1CCC1. The van der Waals surface area contributed by atoms with Crippen molar-refractivity contribution in [3.05, 3.63) is 41.6 Å². The lowest BCUT2D eigenvalue weighted by Gasteiger charge is -2.24. The number of benzene rings is 1. The zero-order valence-corrected chi connectivity index (χ0v) is 13.6. The van der Waals surface area contributed by atoms with Crippen molar-refractivity contribution in [1.29, 1.82) is 0 Å². The number of nitrogens with zero attached hydrogens (tertiary/aromatic N) is 2. The summed E-state index contributed by atoms with van der Waals surface area (Å²) in [4.78, 5) is 6.79. The molecule has 0 spiro atoms. The summed E-state index contributed by atoms with van der Waals surface area (Å²) in [6.07, 6.45) is 2.49. The summed E-state index contributed by atoms with van der Waals surface area (Å²) in [6.45, 7) is 10.9. The second-order valence-corrected chi connectivity index (χ2v) is 4.95. The van der Waals surface area contributed by atoms with Gasteiger partial charge in [-0.3, -0.25) is 4.98 Å². The molecule has 0 aliphatic carbocycles. The second-order valence-electron chi connectivity index (χ2n) is 4.95. The van der Waals surface area contributed by atoms with E-state index in [2.05, 4.69) is 48.1 Å². The van der Waals surface area contributed by atoms with E-state index >= 15 is 0 Å². The van der Waals surface area contributed by atoms with Crippen molar-refractivity contribution in [2.45, 2.75) is 40.5 Å². The first kappa shape index (κ1) is 16.6. The van der Waals surface area contributed by atoms with Crippen LogP contribution in [0.2, 0.25) is 0 Å². The Morgan fingerprint density at radius 2 is 1.75 bits per heavy atom. The van der Waals surface area contributed by atoms with Gasteiger partial charge in [0.15, 0.2) is 0 Å². The van der Waals surface area contributed by atoms with E-state index in [1.165, 1.54) is 30.5 Å². The molecule has 3 rings (SSSR count). The molecule has 110 valence electrons. The van der Waals surface area contributed by atoms with Crippen LogP contribution in [0.5, 0.6) is 0 Å². The van der Waals surface area contributed by atoms with Crippen molar-refractivity contribution in [2.75, 3.05) is 20.1 Å². The highest BCUT2D eigenvalue weighted by molar-refractivity contribution is 5.82. The molecule has 0 bridgehead atoms. The number of hydrogen-bond acceptors (Lipinski definition) is 2. The van der Waals surface area contributed by atoms with Gasteiger partial charge in [0.25, 0.3) is 0 Å². The Morgan fingerprint density at radius 1 is 1.15 bits per heavy atom. The highest BCUT2D eigenvalue weighted by atomic mass is 15.1. The van der Waals surface area contributed by atoms with Crippen LogP contribution in [0, 0.1) is 6.92 Å². The quantitative estimate of drug-likeness (QED) is 0.762. The van der Waals surface area contributed by atoms with E-state index in [1.807, 2.05) is 26.8 Å². The first-order chi connectivity index (χ1) is 9.70. The molecule has 1 aromatic heterocycles. The van der Waals surface area contributed by atoms with Gasteiger partial charge in [-0.15, -0.1) is 0 Å². The van der Waals surface area contributed by atoms with Gasteiger partial charge in [0.05, 0.1) is 5.52 Å². The molecule has 0 atom stereocenters. The van der Waals surface area contributed by atoms with Crippen molar-refractivity contribution >= 4 is 10.9 Å². The molecule has 1 aliphatic heterocycles. The molecular formula is C18H28N2. The predicted octanol–water partition coefficient (Wildman–Crippen LogP) is 4.45. The summed E-state index contributed by atoms with van der Waals surface area (Å²) >= 11 is 0. The third-order valence-electron chi connectivity index (χ3n) is 3.39. The maximum atomic E-state index is 4.48. The van der Waals surface area contributed by atoms with Crippen molar-refractivity contribution in [2.24, 2.45) is 0 Å². The molecule has 1 aliphatic rings. The van der Waals surface area contributed by atoms with Gasteiger partial charge in [0, 0.05) is 11.1 Å². The van der Waals surface area contributed by atoms with Crippen molar-refractivity contribution < 1.29 is 0 Å². The largest absolute Gasteiger partial charge is 0.306 e. The molecule has 1 fully saturated rings. The van der Waals surface area contributed by atoms with Gasteiger partial charge >= 0.3 is 0 Å². The number of aromatic nitrogens is 1. The normalized spacial score (nSPS) is 13.7. The Kier molecular flexibility index (Phi) is 7.24. The first-order valence-corrected chi connectivity index (χ1v) is 7.74. The fourth-order valence-corrected chi connectivity index (χ4v) is 2.16. The fraction of sp³-hybridized carbons (Fsp3) is 0.500. The monoisotopic (exact) mass is 272 g/mol. The molecule has 0 amide bonds. The minimum Gasteiger partial charge on any atom is -0.306 e. The van der Waals surface area contributed by atoms with Crippen LogP contribution in [0.15, 0.2) is 30.3 Å². The minimum absolute atomic E-state index is 1.07. The zero-order valence-electron chi connectivity index (χ0n) is 13.6. The molecule has 2 nitrogen and oxygen atoms in total. The van der Waals surface area contributed by atoms with E-state index in [-0.39, 0.29) is 0 Å². The molecule has 2 heteroatoms. The number of pyridine rings is 1. The van der Waals surface area contributed by atoms with E-state index in [0.29, 0.717) is 0 Å². The standard InChI is InChI=1S/C12H13N.C4H9N.C2H6/c1-3-10-8-9(2)13-12-7-5-4-6-11(10)12;1-5-3-2-4-5;1-2/h4-8H,3H2,1-2H3;2-4H2,1H3;1-2H3. The van der Waals surface area contributed by atoms with E-state index in [1.54, 1.807) is 0 Å². The van der Waals surface area contributed by atoms with Gasteiger partial charge in [0.2, 0.25) is 0 Å². The van der Waals surface area contributed by atoms with Gasteiger partial charge in [0.1, 0.15) is 0 Å². The Balaban J connectivity index is 0.000000239. The number of fused-ring (bicyclic) bond motifs is 1. The number of aryl methyl sites for hydroxylation is 2. The summed E-state index contributed by atoms with van der Waals surface area (Å²) in [5.74, 6) is 0. The molecule has 0 radical (unpaired) electrons. The average Bonchev–Trinajstić information content (AvgIpc) is 2.47. The van der Waals surface area contributed by atoms with E-state index in [0.717, 1.165) is 17.6 Å². The Hall–Kier alpha value is -1.41. The summed E-state index contributed by atoms with van der Waals surface area (Å²) in [5.41, 5.74) is 3.61. The smallest absolute Gasteiger partial charge is 0.0707 e. The van der Waals surface area contributed by atoms with Gasteiger partial charge in [-0.2, -0.15) is 0 Å². The molecule has 1 aromatic carbocycles. The van der Waals surface area contributed by atoms with Crippen LogP contribution in [0.1, 0.15) is 38.4 Å². The number of rotatable bonds is 1. The van der Waals surface area contributed by atoms with Crippen molar-refractivity contribution in [3.63, 3.8) is 0 Å². The van der Waals surface area contributed by atoms with Crippen molar-refractivity contribution in [1.82, 2.24) is 9.88 Å². The molecule has 20 heavy (non-hydrogen) atoms. The maximum Gasteiger partial charge on any atom is 0.0707 e. The van der Waals surface area contributed by atoms with Gasteiger partial charge in [-0.05, 0) is 57.6 Å². The van der Waals surface area contributed by atoms with Crippen LogP contribution >= 0.6 is 0 Å².